The van der Waals surface area contributed by atoms with Crippen molar-refractivity contribution in [3.05, 3.63) is 60.6 Å². The van der Waals surface area contributed by atoms with Gasteiger partial charge in [0.25, 0.3) is 5.91 Å². The Hall–Kier alpha value is -4.51. The summed E-state index contributed by atoms with van der Waals surface area (Å²) in [6, 6.07) is 12.2. The fraction of sp³-hybridized carbons (Fsp3) is 0.457. The monoisotopic (exact) mass is 617 g/mol. The minimum absolute atomic E-state index is 0.0142. The van der Waals surface area contributed by atoms with Crippen molar-refractivity contribution in [2.45, 2.75) is 57.3 Å². The molecule has 2 aliphatic heterocycles. The molecular weight excluding hydrogens is 578 g/mol. The lowest BCUT2D eigenvalue weighted by Crippen LogP contribution is -2.41. The van der Waals surface area contributed by atoms with Crippen LogP contribution in [0.3, 0.4) is 0 Å². The summed E-state index contributed by atoms with van der Waals surface area (Å²) in [6.07, 6.45) is 11.0. The van der Waals surface area contributed by atoms with E-state index in [0.29, 0.717) is 29.1 Å². The van der Waals surface area contributed by atoms with Gasteiger partial charge >= 0.3 is 0 Å². The number of fused-ring (bicyclic) bond motifs is 4. The summed E-state index contributed by atoms with van der Waals surface area (Å²) in [7, 11) is 1.69. The molecule has 4 atom stereocenters. The van der Waals surface area contributed by atoms with Crippen molar-refractivity contribution in [2.24, 2.45) is 23.5 Å². The molecule has 9 rings (SSSR count). The van der Waals surface area contributed by atoms with Crippen molar-refractivity contribution in [2.75, 3.05) is 31.6 Å². The molecule has 1 amide bonds. The van der Waals surface area contributed by atoms with Crippen LogP contribution in [0.2, 0.25) is 0 Å². The number of nitrogens with two attached hydrogens (primary N) is 1. The summed E-state index contributed by atoms with van der Waals surface area (Å²) in [5.41, 5.74) is 10.8. The molecule has 46 heavy (non-hydrogen) atoms. The van der Waals surface area contributed by atoms with E-state index in [1.54, 1.807) is 19.5 Å². The highest BCUT2D eigenvalue weighted by Gasteiger charge is 2.47. The Balaban J connectivity index is 1.16. The third kappa shape index (κ3) is 4.54. The molecule has 4 aromatic heterocycles. The van der Waals surface area contributed by atoms with E-state index in [2.05, 4.69) is 36.1 Å². The van der Waals surface area contributed by atoms with Gasteiger partial charge in [0.15, 0.2) is 5.82 Å². The van der Waals surface area contributed by atoms with E-state index in [0.717, 1.165) is 91.5 Å². The Kier molecular flexibility index (Phi) is 6.52. The Labute approximate surface area is 267 Å². The van der Waals surface area contributed by atoms with E-state index in [9.17, 15) is 4.79 Å². The van der Waals surface area contributed by atoms with Crippen molar-refractivity contribution in [3.63, 3.8) is 0 Å². The topological polar surface area (TPSA) is 120 Å². The lowest BCUT2D eigenvalue weighted by molar-refractivity contribution is 0.0700. The maximum atomic E-state index is 14.0. The first-order valence-corrected chi connectivity index (χ1v) is 16.7. The molecule has 4 fully saturated rings. The summed E-state index contributed by atoms with van der Waals surface area (Å²) in [5, 5.41) is 1.10. The lowest BCUT2D eigenvalue weighted by atomic mass is 10.1. The van der Waals surface area contributed by atoms with Crippen LogP contribution in [0.5, 0.6) is 5.75 Å². The molecule has 11 nitrogen and oxygen atoms in total. The highest BCUT2D eigenvalue weighted by Crippen LogP contribution is 2.41. The molecule has 4 aliphatic rings. The molecule has 2 saturated carbocycles. The zero-order valence-electron chi connectivity index (χ0n) is 26.1. The number of likely N-dealkylation sites (tertiary alicyclic amines) is 1. The SMILES string of the molecule is COc1cc(C(=O)N2C[C@H]3CC[C@@H]2[C@@H]3N)cc2nc(-c3cc4cccnc4n3CC3CC3)n(C[C@@H]3CCN(c4ncccn4)C3)c12. The molecule has 0 unspecified atom stereocenters. The van der Waals surface area contributed by atoms with Crippen molar-refractivity contribution in [1.82, 2.24) is 34.0 Å². The number of piperidine rings is 1. The molecule has 2 N–H and O–H groups in total. The van der Waals surface area contributed by atoms with E-state index in [4.69, 9.17) is 20.4 Å². The molecule has 236 valence electrons. The predicted octanol–water partition coefficient (Wildman–Crippen LogP) is 4.35. The molecule has 2 saturated heterocycles. The molecular formula is C35H39N9O2. The second kappa shape index (κ2) is 10.8. The summed E-state index contributed by atoms with van der Waals surface area (Å²) >= 11 is 0. The number of pyridine rings is 1. The highest BCUT2D eigenvalue weighted by atomic mass is 16.5. The van der Waals surface area contributed by atoms with Gasteiger partial charge in [-0.05, 0) is 86.3 Å². The maximum absolute atomic E-state index is 14.0. The average Bonchev–Trinajstić information content (AvgIpc) is 3.40. The largest absolute Gasteiger partial charge is 0.494 e. The Bertz CT molecular complexity index is 1950. The molecule has 2 bridgehead atoms. The van der Waals surface area contributed by atoms with E-state index in [1.165, 1.54) is 12.8 Å². The van der Waals surface area contributed by atoms with Gasteiger partial charge in [0.1, 0.15) is 16.9 Å². The molecule has 2 aliphatic carbocycles. The number of hydrogen-bond acceptors (Lipinski definition) is 8. The summed E-state index contributed by atoms with van der Waals surface area (Å²) in [6.45, 7) is 4.15. The summed E-state index contributed by atoms with van der Waals surface area (Å²) in [4.78, 5) is 37.3. The fourth-order valence-electron chi connectivity index (χ4n) is 8.22. The van der Waals surface area contributed by atoms with E-state index < -0.39 is 0 Å². The zero-order valence-corrected chi connectivity index (χ0v) is 26.1. The molecule has 6 heterocycles. The third-order valence-electron chi connectivity index (χ3n) is 10.8. The van der Waals surface area contributed by atoms with Crippen LogP contribution in [0.25, 0.3) is 33.6 Å². The second-order valence-corrected chi connectivity index (χ2v) is 13.7. The number of aromatic nitrogens is 6. The molecule has 0 radical (unpaired) electrons. The number of carbonyl (C=O) groups is 1. The molecule has 1 aromatic carbocycles. The van der Waals surface area contributed by atoms with Gasteiger partial charge in [-0.2, -0.15) is 0 Å². The van der Waals surface area contributed by atoms with Crippen LogP contribution in [0, 0.1) is 17.8 Å². The number of anilines is 1. The first kappa shape index (κ1) is 27.8. The van der Waals surface area contributed by atoms with Crippen molar-refractivity contribution in [3.8, 4) is 17.3 Å². The van der Waals surface area contributed by atoms with Crippen molar-refractivity contribution in [1.29, 1.82) is 0 Å². The zero-order chi connectivity index (χ0) is 30.9. The van der Waals surface area contributed by atoms with Gasteiger partial charge in [0.05, 0.1) is 18.3 Å². The standard InChI is InChI=1S/C35H39N9O2/c1-46-29-16-25(34(45)43-20-24-7-8-27(43)30(24)36)14-26-31(29)44(19-22-9-13-41(17-22)35-38-11-3-12-39-35)33(40-26)28-15-23-4-2-10-37-32(23)42(28)18-21-5-6-21/h2-4,10-12,14-16,21-22,24,27,30H,5-9,13,17-20,36H2,1H3/t22-,24-,27-,30-/m1/s1. The van der Waals surface area contributed by atoms with Crippen LogP contribution in [-0.4, -0.2) is 78.7 Å². The van der Waals surface area contributed by atoms with Crippen LogP contribution in [0.4, 0.5) is 5.95 Å². The van der Waals surface area contributed by atoms with Gasteiger partial charge in [0.2, 0.25) is 5.95 Å². The van der Waals surface area contributed by atoms with Gasteiger partial charge in [-0.1, -0.05) is 0 Å². The number of rotatable bonds is 8. The number of amides is 1. The summed E-state index contributed by atoms with van der Waals surface area (Å²) in [5.74, 6) is 3.73. The normalized spacial score (nSPS) is 24.1. The Morgan fingerprint density at radius 2 is 1.76 bits per heavy atom. The van der Waals surface area contributed by atoms with E-state index >= 15 is 0 Å². The third-order valence-corrected chi connectivity index (χ3v) is 10.8. The van der Waals surface area contributed by atoms with Crippen molar-refractivity contribution >= 4 is 33.9 Å². The maximum Gasteiger partial charge on any atom is 0.254 e. The van der Waals surface area contributed by atoms with Gasteiger partial charge in [-0.15, -0.1) is 0 Å². The average molecular weight is 618 g/mol. The minimum Gasteiger partial charge on any atom is -0.494 e. The Morgan fingerprint density at radius 3 is 2.52 bits per heavy atom. The number of nitrogens with zero attached hydrogens (tertiary/aromatic N) is 8. The van der Waals surface area contributed by atoms with Crippen molar-refractivity contribution < 1.29 is 9.53 Å². The first-order valence-electron chi connectivity index (χ1n) is 16.7. The summed E-state index contributed by atoms with van der Waals surface area (Å²) < 4.78 is 10.7. The van der Waals surface area contributed by atoms with Crippen LogP contribution < -0.4 is 15.4 Å². The van der Waals surface area contributed by atoms with Gasteiger partial charge < -0.3 is 29.4 Å². The highest BCUT2D eigenvalue weighted by molar-refractivity contribution is 6.00. The van der Waals surface area contributed by atoms with E-state index in [1.807, 2.05) is 35.4 Å². The minimum atomic E-state index is 0.0142. The molecule has 0 spiro atoms. The number of benzene rings is 1. The number of imidazole rings is 1. The number of methoxy groups -OCH3 is 1. The van der Waals surface area contributed by atoms with Gasteiger partial charge in [0, 0.05) is 74.3 Å². The molecule has 5 aromatic rings. The van der Waals surface area contributed by atoms with E-state index in [-0.39, 0.29) is 18.0 Å². The van der Waals surface area contributed by atoms with Crippen LogP contribution in [0.15, 0.2) is 55.0 Å². The first-order chi connectivity index (χ1) is 22.6. The fourth-order valence-corrected chi connectivity index (χ4v) is 8.22. The quantitative estimate of drug-likeness (QED) is 0.273. The second-order valence-electron chi connectivity index (χ2n) is 13.7. The number of ether oxygens (including phenoxy) is 1. The molecule has 11 heteroatoms. The number of hydrogen-bond donors (Lipinski definition) is 1. The van der Waals surface area contributed by atoms with Gasteiger partial charge in [-0.3, -0.25) is 4.79 Å². The Morgan fingerprint density at radius 1 is 0.935 bits per heavy atom. The smallest absolute Gasteiger partial charge is 0.254 e. The van der Waals surface area contributed by atoms with Gasteiger partial charge in [-0.25, -0.2) is 19.9 Å². The predicted molar refractivity (Wildman–Crippen MR) is 176 cm³/mol. The van der Waals surface area contributed by atoms with Crippen LogP contribution >= 0.6 is 0 Å². The van der Waals surface area contributed by atoms with Crippen LogP contribution in [0.1, 0.15) is 42.5 Å². The van der Waals surface area contributed by atoms with Crippen LogP contribution in [-0.2, 0) is 13.1 Å². The lowest BCUT2D eigenvalue weighted by Gasteiger charge is -2.27. The number of carbonyl (C=O) groups excluding carboxylic acids is 1.